The molecule has 1 N–H and O–H groups in total. The molecule has 0 spiro atoms. The van der Waals surface area contributed by atoms with Crippen LogP contribution >= 0.6 is 0 Å². The van der Waals surface area contributed by atoms with Crippen molar-refractivity contribution < 1.29 is 5.11 Å². The van der Waals surface area contributed by atoms with Crippen LogP contribution in [0, 0.1) is 0 Å². The van der Waals surface area contributed by atoms with Gasteiger partial charge in [-0.3, -0.25) is 9.97 Å². The minimum Gasteiger partial charge on any atom is -0.506 e. The lowest BCUT2D eigenvalue weighted by Gasteiger charge is -1.94. The van der Waals surface area contributed by atoms with E-state index in [-0.39, 0.29) is 5.75 Å². The van der Waals surface area contributed by atoms with Crippen molar-refractivity contribution in [3.63, 3.8) is 0 Å². The Morgan fingerprint density at radius 2 is 1.67 bits per heavy atom. The summed E-state index contributed by atoms with van der Waals surface area (Å²) < 4.78 is 0. The van der Waals surface area contributed by atoms with E-state index in [2.05, 4.69) is 9.97 Å². The van der Waals surface area contributed by atoms with Gasteiger partial charge in [0, 0.05) is 18.6 Å². The van der Waals surface area contributed by atoms with Gasteiger partial charge in [-0.25, -0.2) is 0 Å². The molecule has 0 aromatic carbocycles. The third-order valence-corrected chi connectivity index (χ3v) is 1.92. The van der Waals surface area contributed by atoms with Gasteiger partial charge in [-0.05, 0) is 29.3 Å². The van der Waals surface area contributed by atoms with Crippen molar-refractivity contribution in [2.45, 2.75) is 0 Å². The van der Waals surface area contributed by atoms with Crippen LogP contribution in [0.25, 0.3) is 12.2 Å². The minimum absolute atomic E-state index is 0.173. The summed E-state index contributed by atoms with van der Waals surface area (Å²) in [5.74, 6) is 0.173. The lowest BCUT2D eigenvalue weighted by Crippen LogP contribution is -1.76. The fourth-order valence-electron chi connectivity index (χ4n) is 1.20. The lowest BCUT2D eigenvalue weighted by atomic mass is 10.2. The Balaban J connectivity index is 2.19. The molecule has 0 bridgehead atoms. The molecule has 0 amide bonds. The van der Waals surface area contributed by atoms with E-state index in [1.54, 1.807) is 24.7 Å². The molecule has 2 aromatic rings. The summed E-state index contributed by atoms with van der Waals surface area (Å²) in [5.41, 5.74) is 1.93. The van der Waals surface area contributed by atoms with Crippen LogP contribution in [0.1, 0.15) is 11.1 Å². The Morgan fingerprint density at radius 1 is 0.933 bits per heavy atom. The Labute approximate surface area is 87.8 Å². The fourth-order valence-corrected chi connectivity index (χ4v) is 1.20. The van der Waals surface area contributed by atoms with Crippen molar-refractivity contribution in [1.29, 1.82) is 0 Å². The van der Waals surface area contributed by atoms with E-state index in [1.807, 2.05) is 24.3 Å². The number of aromatic hydroxyl groups is 1. The second kappa shape index (κ2) is 4.37. The van der Waals surface area contributed by atoms with Gasteiger partial charge in [-0.1, -0.05) is 12.2 Å². The van der Waals surface area contributed by atoms with Gasteiger partial charge in [0.05, 0.1) is 6.20 Å². The van der Waals surface area contributed by atoms with Crippen LogP contribution in [0.2, 0.25) is 0 Å². The molecule has 74 valence electrons. The molecule has 0 saturated carbocycles. The highest BCUT2D eigenvalue weighted by Crippen LogP contribution is 2.11. The zero-order valence-electron chi connectivity index (χ0n) is 8.04. The number of aromatic nitrogens is 2. The van der Waals surface area contributed by atoms with Gasteiger partial charge < -0.3 is 5.11 Å². The van der Waals surface area contributed by atoms with Crippen LogP contribution in [0.5, 0.6) is 5.75 Å². The van der Waals surface area contributed by atoms with Gasteiger partial charge in [-0.2, -0.15) is 0 Å². The van der Waals surface area contributed by atoms with E-state index in [0.29, 0.717) is 0 Å². The van der Waals surface area contributed by atoms with Gasteiger partial charge >= 0.3 is 0 Å². The molecule has 0 unspecified atom stereocenters. The number of hydrogen-bond donors (Lipinski definition) is 1. The van der Waals surface area contributed by atoms with E-state index in [9.17, 15) is 5.11 Å². The third-order valence-electron chi connectivity index (χ3n) is 1.92. The summed E-state index contributed by atoms with van der Waals surface area (Å²) in [6.45, 7) is 0. The molecule has 0 atom stereocenters. The highest BCUT2D eigenvalue weighted by Gasteiger charge is 1.90. The van der Waals surface area contributed by atoms with Gasteiger partial charge in [0.1, 0.15) is 5.75 Å². The minimum atomic E-state index is 0.173. The van der Waals surface area contributed by atoms with E-state index in [0.717, 1.165) is 11.1 Å². The number of nitrogens with zero attached hydrogens (tertiary/aromatic N) is 2. The number of hydrogen-bond acceptors (Lipinski definition) is 3. The first-order valence-electron chi connectivity index (χ1n) is 4.57. The smallest absolute Gasteiger partial charge is 0.134 e. The molecule has 0 aliphatic carbocycles. The van der Waals surface area contributed by atoms with Crippen LogP contribution < -0.4 is 0 Å². The quantitative estimate of drug-likeness (QED) is 0.805. The Kier molecular flexibility index (Phi) is 2.74. The predicted octanol–water partition coefficient (Wildman–Crippen LogP) is 2.35. The van der Waals surface area contributed by atoms with Crippen molar-refractivity contribution in [3.05, 3.63) is 54.1 Å². The lowest BCUT2D eigenvalue weighted by molar-refractivity contribution is 0.472. The van der Waals surface area contributed by atoms with E-state index in [4.69, 9.17) is 0 Å². The van der Waals surface area contributed by atoms with Crippen molar-refractivity contribution in [1.82, 2.24) is 9.97 Å². The monoisotopic (exact) mass is 198 g/mol. The van der Waals surface area contributed by atoms with Gasteiger partial charge in [0.25, 0.3) is 0 Å². The van der Waals surface area contributed by atoms with Crippen LogP contribution in [0.15, 0.2) is 43.0 Å². The predicted molar refractivity (Wildman–Crippen MR) is 59.1 cm³/mol. The molecule has 0 aliphatic rings. The average molecular weight is 198 g/mol. The molecule has 0 radical (unpaired) electrons. The van der Waals surface area contributed by atoms with Crippen molar-refractivity contribution in [2.24, 2.45) is 0 Å². The van der Waals surface area contributed by atoms with Crippen LogP contribution in [-0.2, 0) is 0 Å². The molecular weight excluding hydrogens is 188 g/mol. The van der Waals surface area contributed by atoms with Gasteiger partial charge in [0.15, 0.2) is 0 Å². The first-order chi connectivity index (χ1) is 7.34. The zero-order valence-corrected chi connectivity index (χ0v) is 8.04. The topological polar surface area (TPSA) is 46.0 Å². The second-order valence-electron chi connectivity index (χ2n) is 3.09. The SMILES string of the molecule is Oc1cncc(/C=C/c2ccncc2)c1. The first kappa shape index (κ1) is 9.40. The fraction of sp³-hybridized carbons (Fsp3) is 0. The average Bonchev–Trinajstić information content (AvgIpc) is 2.28. The standard InChI is InChI=1S/C12H10N2O/c15-12-7-11(8-14-9-12)2-1-10-3-5-13-6-4-10/h1-9,15H/b2-1+. The van der Waals surface area contributed by atoms with E-state index < -0.39 is 0 Å². The van der Waals surface area contributed by atoms with Crippen LogP contribution in [0.4, 0.5) is 0 Å². The number of rotatable bonds is 2. The molecule has 3 nitrogen and oxygen atoms in total. The number of pyridine rings is 2. The normalized spacial score (nSPS) is 10.7. The van der Waals surface area contributed by atoms with Crippen molar-refractivity contribution >= 4 is 12.2 Å². The molecule has 2 heterocycles. The third kappa shape index (κ3) is 2.64. The van der Waals surface area contributed by atoms with Crippen molar-refractivity contribution in [2.75, 3.05) is 0 Å². The highest BCUT2D eigenvalue weighted by atomic mass is 16.3. The maximum absolute atomic E-state index is 9.20. The first-order valence-corrected chi connectivity index (χ1v) is 4.57. The molecule has 0 fully saturated rings. The zero-order chi connectivity index (χ0) is 10.5. The highest BCUT2D eigenvalue weighted by molar-refractivity contribution is 5.69. The van der Waals surface area contributed by atoms with Gasteiger partial charge in [-0.15, -0.1) is 0 Å². The van der Waals surface area contributed by atoms with Crippen molar-refractivity contribution in [3.8, 4) is 5.75 Å². The summed E-state index contributed by atoms with van der Waals surface area (Å²) in [7, 11) is 0. The Bertz CT molecular complexity index is 466. The molecular formula is C12H10N2O. The van der Waals surface area contributed by atoms with Crippen LogP contribution in [-0.4, -0.2) is 15.1 Å². The Hall–Kier alpha value is -2.16. The maximum Gasteiger partial charge on any atom is 0.134 e. The molecule has 2 rings (SSSR count). The summed E-state index contributed by atoms with van der Waals surface area (Å²) in [4.78, 5) is 7.81. The van der Waals surface area contributed by atoms with Crippen LogP contribution in [0.3, 0.4) is 0 Å². The molecule has 2 aromatic heterocycles. The Morgan fingerprint density at radius 3 is 2.40 bits per heavy atom. The summed E-state index contributed by atoms with van der Waals surface area (Å²) in [6.07, 6.45) is 10.4. The summed E-state index contributed by atoms with van der Waals surface area (Å²) in [6, 6.07) is 5.48. The molecule has 0 saturated heterocycles. The molecule has 15 heavy (non-hydrogen) atoms. The largest absolute Gasteiger partial charge is 0.506 e. The second-order valence-corrected chi connectivity index (χ2v) is 3.09. The maximum atomic E-state index is 9.20. The molecule has 3 heteroatoms. The summed E-state index contributed by atoms with van der Waals surface area (Å²) >= 11 is 0. The van der Waals surface area contributed by atoms with E-state index >= 15 is 0 Å². The summed E-state index contributed by atoms with van der Waals surface area (Å²) in [5, 5.41) is 9.20. The molecule has 0 aliphatic heterocycles. The van der Waals surface area contributed by atoms with E-state index in [1.165, 1.54) is 6.20 Å². The van der Waals surface area contributed by atoms with Gasteiger partial charge in [0.2, 0.25) is 0 Å².